The molecule has 11 heteroatoms. The Morgan fingerprint density at radius 3 is 2.26 bits per heavy atom. The van der Waals surface area contributed by atoms with Gasteiger partial charge in [-0.1, -0.05) is 18.6 Å². The lowest BCUT2D eigenvalue weighted by molar-refractivity contribution is -0.142. The third-order valence-electron chi connectivity index (χ3n) is 4.49. The van der Waals surface area contributed by atoms with Crippen LogP contribution in [0.5, 0.6) is 5.75 Å². The number of carbonyl (C=O) groups excluding carboxylic acids is 3. The molecule has 0 saturated carbocycles. The zero-order chi connectivity index (χ0) is 23.4. The molecule has 0 radical (unpaired) electrons. The molecule has 0 heterocycles. The zero-order valence-corrected chi connectivity index (χ0v) is 17.5. The molecule has 0 aliphatic carbocycles. The monoisotopic (exact) mass is 437 g/mol. The lowest BCUT2D eigenvalue weighted by atomic mass is 10.1. The summed E-state index contributed by atoms with van der Waals surface area (Å²) >= 11 is 0. The molecule has 0 aromatic heterocycles. The van der Waals surface area contributed by atoms with Gasteiger partial charge in [0.2, 0.25) is 17.7 Å². The van der Waals surface area contributed by atoms with Gasteiger partial charge in [0.15, 0.2) is 0 Å². The molecule has 1 aromatic rings. The summed E-state index contributed by atoms with van der Waals surface area (Å²) in [5.74, 6) is -2.99. The van der Waals surface area contributed by atoms with Crippen LogP contribution < -0.4 is 27.4 Å². The van der Waals surface area contributed by atoms with Gasteiger partial charge in [-0.05, 0) is 44.0 Å². The molecular formula is C20H31N5O6. The van der Waals surface area contributed by atoms with Crippen molar-refractivity contribution >= 4 is 23.7 Å². The highest BCUT2D eigenvalue weighted by atomic mass is 16.4. The largest absolute Gasteiger partial charge is 0.508 e. The molecule has 0 aliphatic heterocycles. The van der Waals surface area contributed by atoms with E-state index in [9.17, 15) is 29.4 Å². The average molecular weight is 437 g/mol. The van der Waals surface area contributed by atoms with Crippen molar-refractivity contribution in [3.8, 4) is 5.75 Å². The van der Waals surface area contributed by atoms with Crippen LogP contribution in [0.15, 0.2) is 24.3 Å². The standard InChI is InChI=1S/C20H31N5O6/c1-12(24-17(27)11-23-19(29)15(22)4-2-3-9-21)18(28)25-16(20(30)31)10-13-5-7-14(26)8-6-13/h5-8,12,15-16,26H,2-4,9-11,21-22H2,1H3,(H,23,29)(H,24,27)(H,25,28)(H,30,31). The van der Waals surface area contributed by atoms with Gasteiger partial charge >= 0.3 is 5.97 Å². The van der Waals surface area contributed by atoms with Gasteiger partial charge in [0.25, 0.3) is 0 Å². The summed E-state index contributed by atoms with van der Waals surface area (Å²) in [6.45, 7) is 1.54. The second-order valence-corrected chi connectivity index (χ2v) is 7.17. The number of carboxylic acids is 1. The quantitative estimate of drug-likeness (QED) is 0.182. The predicted molar refractivity (Wildman–Crippen MR) is 113 cm³/mol. The summed E-state index contributed by atoms with van der Waals surface area (Å²) in [6.07, 6.45) is 1.89. The second kappa shape index (κ2) is 13.2. The molecule has 0 bridgehead atoms. The van der Waals surface area contributed by atoms with E-state index in [-0.39, 0.29) is 18.7 Å². The van der Waals surface area contributed by atoms with Crippen LogP contribution in [-0.2, 0) is 25.6 Å². The molecule has 1 aromatic carbocycles. The first-order valence-corrected chi connectivity index (χ1v) is 9.97. The fourth-order valence-electron chi connectivity index (χ4n) is 2.66. The Morgan fingerprint density at radius 1 is 1.03 bits per heavy atom. The molecule has 3 amide bonds. The molecule has 0 aliphatic rings. The maximum Gasteiger partial charge on any atom is 0.326 e. The van der Waals surface area contributed by atoms with Crippen molar-refractivity contribution in [3.05, 3.63) is 29.8 Å². The van der Waals surface area contributed by atoms with Gasteiger partial charge in [-0.25, -0.2) is 4.79 Å². The Bertz CT molecular complexity index is 755. The SMILES string of the molecule is CC(NC(=O)CNC(=O)C(N)CCCCN)C(=O)NC(Cc1ccc(O)cc1)C(=O)O. The molecule has 9 N–H and O–H groups in total. The summed E-state index contributed by atoms with van der Waals surface area (Å²) in [5.41, 5.74) is 11.7. The van der Waals surface area contributed by atoms with Gasteiger partial charge in [0, 0.05) is 6.42 Å². The first kappa shape index (κ1) is 25.9. The van der Waals surface area contributed by atoms with Gasteiger partial charge in [0.05, 0.1) is 12.6 Å². The molecule has 172 valence electrons. The van der Waals surface area contributed by atoms with Crippen molar-refractivity contribution in [1.82, 2.24) is 16.0 Å². The van der Waals surface area contributed by atoms with E-state index in [4.69, 9.17) is 11.5 Å². The Labute approximate surface area is 180 Å². The van der Waals surface area contributed by atoms with Crippen LogP contribution in [0.1, 0.15) is 31.7 Å². The first-order chi connectivity index (χ1) is 14.6. The molecule has 3 atom stereocenters. The van der Waals surface area contributed by atoms with Gasteiger partial charge in [-0.3, -0.25) is 14.4 Å². The van der Waals surface area contributed by atoms with Crippen LogP contribution in [0.3, 0.4) is 0 Å². The van der Waals surface area contributed by atoms with E-state index in [0.29, 0.717) is 24.9 Å². The molecular weight excluding hydrogens is 406 g/mol. The van der Waals surface area contributed by atoms with Crippen molar-refractivity contribution < 1.29 is 29.4 Å². The number of carbonyl (C=O) groups is 4. The van der Waals surface area contributed by atoms with Gasteiger partial charge in [0.1, 0.15) is 17.8 Å². The normalized spacial score (nSPS) is 13.5. The fourth-order valence-corrected chi connectivity index (χ4v) is 2.66. The van der Waals surface area contributed by atoms with Crippen LogP contribution in [0.25, 0.3) is 0 Å². The number of phenolic OH excluding ortho intramolecular Hbond substituents is 1. The minimum Gasteiger partial charge on any atom is -0.508 e. The second-order valence-electron chi connectivity index (χ2n) is 7.17. The number of amides is 3. The van der Waals surface area contributed by atoms with Gasteiger partial charge in [-0.2, -0.15) is 0 Å². The van der Waals surface area contributed by atoms with Crippen molar-refractivity contribution in [2.45, 2.75) is 50.7 Å². The van der Waals surface area contributed by atoms with E-state index >= 15 is 0 Å². The van der Waals surface area contributed by atoms with Crippen molar-refractivity contribution in [2.75, 3.05) is 13.1 Å². The minimum atomic E-state index is -1.24. The number of unbranched alkanes of at least 4 members (excludes halogenated alkanes) is 1. The summed E-state index contributed by atoms with van der Waals surface area (Å²) in [4.78, 5) is 47.6. The molecule has 3 unspecified atom stereocenters. The summed E-state index contributed by atoms with van der Waals surface area (Å²) in [7, 11) is 0. The van der Waals surface area contributed by atoms with Crippen molar-refractivity contribution in [1.29, 1.82) is 0 Å². The van der Waals surface area contributed by atoms with Crippen molar-refractivity contribution in [3.63, 3.8) is 0 Å². The number of rotatable bonds is 13. The summed E-state index contributed by atoms with van der Waals surface area (Å²) < 4.78 is 0. The Hall–Kier alpha value is -3.18. The van der Waals surface area contributed by atoms with E-state index in [2.05, 4.69) is 16.0 Å². The average Bonchev–Trinajstić information content (AvgIpc) is 2.72. The maximum absolute atomic E-state index is 12.3. The lowest BCUT2D eigenvalue weighted by Gasteiger charge is -2.19. The Morgan fingerprint density at radius 2 is 1.68 bits per heavy atom. The van der Waals surface area contributed by atoms with E-state index in [1.807, 2.05) is 0 Å². The number of hydrogen-bond donors (Lipinski definition) is 7. The topological polar surface area (TPSA) is 197 Å². The first-order valence-electron chi connectivity index (χ1n) is 9.97. The minimum absolute atomic E-state index is 0.000121. The van der Waals surface area contributed by atoms with Crippen molar-refractivity contribution in [2.24, 2.45) is 11.5 Å². The van der Waals surface area contributed by atoms with Crippen LogP contribution in [0.4, 0.5) is 0 Å². The summed E-state index contributed by atoms with van der Waals surface area (Å²) in [6, 6.07) is 2.93. The van der Waals surface area contributed by atoms with E-state index in [1.54, 1.807) is 12.1 Å². The third kappa shape index (κ3) is 9.92. The number of phenols is 1. The Balaban J connectivity index is 2.48. The molecule has 11 nitrogen and oxygen atoms in total. The van der Waals surface area contributed by atoms with E-state index in [1.165, 1.54) is 19.1 Å². The van der Waals surface area contributed by atoms with Crippen LogP contribution in [0, 0.1) is 0 Å². The molecule has 0 saturated heterocycles. The molecule has 1 rings (SSSR count). The highest BCUT2D eigenvalue weighted by Gasteiger charge is 2.24. The lowest BCUT2D eigenvalue weighted by Crippen LogP contribution is -2.53. The summed E-state index contributed by atoms with van der Waals surface area (Å²) in [5, 5.41) is 25.8. The molecule has 31 heavy (non-hydrogen) atoms. The van der Waals surface area contributed by atoms with Crippen LogP contribution in [0.2, 0.25) is 0 Å². The van der Waals surface area contributed by atoms with E-state index in [0.717, 1.165) is 6.42 Å². The fraction of sp³-hybridized carbons (Fsp3) is 0.500. The maximum atomic E-state index is 12.3. The van der Waals surface area contributed by atoms with Gasteiger partial charge in [-0.15, -0.1) is 0 Å². The number of aromatic hydroxyl groups is 1. The zero-order valence-electron chi connectivity index (χ0n) is 17.5. The van der Waals surface area contributed by atoms with E-state index < -0.39 is 41.8 Å². The molecule has 0 fully saturated rings. The predicted octanol–water partition coefficient (Wildman–Crippen LogP) is -1.42. The van der Waals surface area contributed by atoms with Crippen LogP contribution >= 0.6 is 0 Å². The highest BCUT2D eigenvalue weighted by molar-refractivity contribution is 5.92. The number of hydrogen-bond acceptors (Lipinski definition) is 7. The number of nitrogens with one attached hydrogen (secondary N) is 3. The smallest absolute Gasteiger partial charge is 0.326 e. The number of aliphatic carboxylic acids is 1. The highest BCUT2D eigenvalue weighted by Crippen LogP contribution is 2.11. The molecule has 0 spiro atoms. The number of carboxylic acid groups (broad SMARTS) is 1. The van der Waals surface area contributed by atoms with Gasteiger partial charge < -0.3 is 37.6 Å². The number of nitrogens with two attached hydrogens (primary N) is 2. The Kier molecular flexibility index (Phi) is 11.0. The third-order valence-corrected chi connectivity index (χ3v) is 4.49. The van der Waals surface area contributed by atoms with Crippen LogP contribution in [-0.4, -0.2) is 65.1 Å². The number of benzene rings is 1.